The van der Waals surface area contributed by atoms with Crippen LogP contribution in [0, 0.1) is 0 Å². The van der Waals surface area contributed by atoms with Crippen molar-refractivity contribution >= 4 is 22.7 Å². The first kappa shape index (κ1) is 13.8. The van der Waals surface area contributed by atoms with Crippen molar-refractivity contribution in [3.05, 3.63) is 35.9 Å². The minimum atomic E-state index is -0.929. The van der Waals surface area contributed by atoms with Crippen molar-refractivity contribution in [2.75, 3.05) is 18.5 Å². The molecule has 1 aromatic carbocycles. The molecule has 1 unspecified atom stereocenters. The fraction of sp³-hybridized carbons (Fsp3) is 0.375. The number of hydrogen-bond acceptors (Lipinski definition) is 4. The van der Waals surface area contributed by atoms with Crippen LogP contribution >= 0.6 is 0 Å². The molecule has 1 atom stereocenters. The molecule has 0 spiro atoms. The van der Waals surface area contributed by atoms with E-state index in [1.807, 2.05) is 12.1 Å². The molecule has 1 saturated heterocycles. The average molecular weight is 286 g/mol. The fourth-order valence-corrected chi connectivity index (χ4v) is 2.67. The number of hydrogen-bond donors (Lipinski definition) is 2. The molecule has 0 aliphatic carbocycles. The third-order valence-electron chi connectivity index (χ3n) is 3.76. The van der Waals surface area contributed by atoms with Gasteiger partial charge in [0.2, 0.25) is 0 Å². The lowest BCUT2D eigenvalue weighted by molar-refractivity contribution is 0.0699. The zero-order chi connectivity index (χ0) is 14.7. The Morgan fingerprint density at radius 3 is 3.05 bits per heavy atom. The second kappa shape index (κ2) is 6.10. The van der Waals surface area contributed by atoms with E-state index in [0.29, 0.717) is 17.0 Å². The monoisotopic (exact) mass is 286 g/mol. The third kappa shape index (κ3) is 3.13. The Morgan fingerprint density at radius 2 is 2.29 bits per heavy atom. The predicted octanol–water partition coefficient (Wildman–Crippen LogP) is 2.91. The van der Waals surface area contributed by atoms with Gasteiger partial charge in [-0.05, 0) is 43.5 Å². The number of pyridine rings is 1. The van der Waals surface area contributed by atoms with Crippen molar-refractivity contribution < 1.29 is 14.6 Å². The lowest BCUT2D eigenvalue weighted by Crippen LogP contribution is -2.13. The summed E-state index contributed by atoms with van der Waals surface area (Å²) < 4.78 is 5.58. The summed E-state index contributed by atoms with van der Waals surface area (Å²) in [5.41, 5.74) is 0.975. The molecule has 110 valence electrons. The summed E-state index contributed by atoms with van der Waals surface area (Å²) in [5.74, 6) is -0.162. The maximum atomic E-state index is 11.2. The van der Waals surface area contributed by atoms with Gasteiger partial charge in [-0.2, -0.15) is 0 Å². The molecule has 1 aliphatic rings. The largest absolute Gasteiger partial charge is 0.478 e. The molecule has 21 heavy (non-hydrogen) atoms. The topological polar surface area (TPSA) is 71.5 Å². The van der Waals surface area contributed by atoms with E-state index in [4.69, 9.17) is 9.84 Å². The number of nitrogens with one attached hydrogen (secondary N) is 1. The van der Waals surface area contributed by atoms with Crippen molar-refractivity contribution in [3.63, 3.8) is 0 Å². The van der Waals surface area contributed by atoms with Gasteiger partial charge in [-0.15, -0.1) is 0 Å². The van der Waals surface area contributed by atoms with Crippen LogP contribution in [0.1, 0.15) is 29.6 Å². The lowest BCUT2D eigenvalue weighted by atomic mass is 10.1. The van der Waals surface area contributed by atoms with Gasteiger partial charge in [-0.1, -0.05) is 6.07 Å². The van der Waals surface area contributed by atoms with Gasteiger partial charge in [-0.3, -0.25) is 0 Å². The summed E-state index contributed by atoms with van der Waals surface area (Å²) >= 11 is 0. The van der Waals surface area contributed by atoms with E-state index in [1.165, 1.54) is 0 Å². The summed E-state index contributed by atoms with van der Waals surface area (Å²) in [6.45, 7) is 1.68. The van der Waals surface area contributed by atoms with Crippen LogP contribution in [0.15, 0.2) is 30.3 Å². The zero-order valence-corrected chi connectivity index (χ0v) is 11.7. The Labute approximate surface area is 123 Å². The molecule has 0 amide bonds. The van der Waals surface area contributed by atoms with Crippen LogP contribution in [0.25, 0.3) is 10.9 Å². The number of fused-ring (bicyclic) bond motifs is 1. The summed E-state index contributed by atoms with van der Waals surface area (Å²) in [4.78, 5) is 15.6. The number of carboxylic acid groups (broad SMARTS) is 1. The Balaban J connectivity index is 1.70. The SMILES string of the molecule is O=C(O)c1cccc2nc(NCCC3CCCO3)ccc12. The van der Waals surface area contributed by atoms with Crippen LogP contribution in [-0.4, -0.2) is 35.3 Å². The smallest absolute Gasteiger partial charge is 0.336 e. The van der Waals surface area contributed by atoms with Crippen LogP contribution in [0.2, 0.25) is 0 Å². The fourth-order valence-electron chi connectivity index (χ4n) is 2.67. The molecule has 3 rings (SSSR count). The Morgan fingerprint density at radius 1 is 1.38 bits per heavy atom. The van der Waals surface area contributed by atoms with E-state index in [-0.39, 0.29) is 5.56 Å². The highest BCUT2D eigenvalue weighted by Crippen LogP contribution is 2.20. The Hall–Kier alpha value is -2.14. The predicted molar refractivity (Wildman–Crippen MR) is 80.8 cm³/mol. The molecule has 5 nitrogen and oxygen atoms in total. The standard InChI is InChI=1S/C16H18N2O3/c19-16(20)13-4-1-5-14-12(13)6-7-15(18-14)17-9-8-11-3-2-10-21-11/h1,4-7,11H,2-3,8-10H2,(H,17,18)(H,19,20). The number of anilines is 1. The number of carboxylic acids is 1. The van der Waals surface area contributed by atoms with Gasteiger partial charge in [0.05, 0.1) is 17.2 Å². The van der Waals surface area contributed by atoms with Gasteiger partial charge < -0.3 is 15.2 Å². The van der Waals surface area contributed by atoms with E-state index in [2.05, 4.69) is 10.3 Å². The van der Waals surface area contributed by atoms with Gasteiger partial charge >= 0.3 is 5.97 Å². The van der Waals surface area contributed by atoms with Crippen molar-refractivity contribution in [2.45, 2.75) is 25.4 Å². The van der Waals surface area contributed by atoms with E-state index in [1.54, 1.807) is 18.2 Å². The van der Waals surface area contributed by atoms with Crippen LogP contribution in [0.4, 0.5) is 5.82 Å². The van der Waals surface area contributed by atoms with Crippen LogP contribution in [-0.2, 0) is 4.74 Å². The number of aromatic carboxylic acids is 1. The summed E-state index contributed by atoms with van der Waals surface area (Å²) in [7, 11) is 0. The second-order valence-corrected chi connectivity index (χ2v) is 5.22. The normalized spacial score (nSPS) is 18.0. The number of benzene rings is 1. The molecule has 2 N–H and O–H groups in total. The van der Waals surface area contributed by atoms with Gasteiger partial charge in [0.15, 0.2) is 0 Å². The summed E-state index contributed by atoms with van der Waals surface area (Å²) in [5, 5.41) is 13.1. The highest BCUT2D eigenvalue weighted by Gasteiger charge is 2.14. The number of ether oxygens (including phenoxy) is 1. The molecule has 5 heteroatoms. The van der Waals surface area contributed by atoms with Crippen molar-refractivity contribution in [2.24, 2.45) is 0 Å². The van der Waals surface area contributed by atoms with Crippen LogP contribution < -0.4 is 5.32 Å². The van der Waals surface area contributed by atoms with Crippen LogP contribution in [0.5, 0.6) is 0 Å². The molecule has 1 fully saturated rings. The highest BCUT2D eigenvalue weighted by atomic mass is 16.5. The molecule has 0 bridgehead atoms. The molecular formula is C16H18N2O3. The molecule has 1 aromatic heterocycles. The van der Waals surface area contributed by atoms with E-state index >= 15 is 0 Å². The maximum absolute atomic E-state index is 11.2. The molecule has 0 saturated carbocycles. The molecule has 2 aromatic rings. The van der Waals surface area contributed by atoms with Gasteiger partial charge in [0.25, 0.3) is 0 Å². The first-order valence-electron chi connectivity index (χ1n) is 7.22. The van der Waals surface area contributed by atoms with E-state index in [9.17, 15) is 4.79 Å². The molecule has 2 heterocycles. The van der Waals surface area contributed by atoms with Crippen molar-refractivity contribution in [1.29, 1.82) is 0 Å². The van der Waals surface area contributed by atoms with E-state index < -0.39 is 5.97 Å². The molecular weight excluding hydrogens is 268 g/mol. The number of aromatic nitrogens is 1. The number of nitrogens with zero attached hydrogens (tertiary/aromatic N) is 1. The maximum Gasteiger partial charge on any atom is 0.336 e. The summed E-state index contributed by atoms with van der Waals surface area (Å²) in [6.07, 6.45) is 3.61. The van der Waals surface area contributed by atoms with Crippen molar-refractivity contribution in [1.82, 2.24) is 4.98 Å². The number of carbonyl (C=O) groups is 1. The molecule has 0 radical (unpaired) electrons. The second-order valence-electron chi connectivity index (χ2n) is 5.22. The lowest BCUT2D eigenvalue weighted by Gasteiger charge is -2.11. The number of rotatable bonds is 5. The van der Waals surface area contributed by atoms with Crippen LogP contribution in [0.3, 0.4) is 0 Å². The highest BCUT2D eigenvalue weighted by molar-refractivity contribution is 6.02. The Kier molecular flexibility index (Phi) is 4.01. The van der Waals surface area contributed by atoms with Gasteiger partial charge in [0.1, 0.15) is 5.82 Å². The summed E-state index contributed by atoms with van der Waals surface area (Å²) in [6, 6.07) is 8.77. The quantitative estimate of drug-likeness (QED) is 0.884. The first-order valence-corrected chi connectivity index (χ1v) is 7.22. The van der Waals surface area contributed by atoms with E-state index in [0.717, 1.165) is 38.2 Å². The third-order valence-corrected chi connectivity index (χ3v) is 3.76. The van der Waals surface area contributed by atoms with Gasteiger partial charge in [0, 0.05) is 18.5 Å². The van der Waals surface area contributed by atoms with Crippen molar-refractivity contribution in [3.8, 4) is 0 Å². The Bertz CT molecular complexity index is 651. The molecule has 1 aliphatic heterocycles. The minimum absolute atomic E-state index is 0.283. The minimum Gasteiger partial charge on any atom is -0.478 e. The average Bonchev–Trinajstić information content (AvgIpc) is 2.99. The van der Waals surface area contributed by atoms with Gasteiger partial charge in [-0.25, -0.2) is 9.78 Å². The first-order chi connectivity index (χ1) is 10.2. The zero-order valence-electron chi connectivity index (χ0n) is 11.7.